The molecule has 0 heterocycles. The van der Waals surface area contributed by atoms with E-state index in [0.717, 1.165) is 0 Å². The summed E-state index contributed by atoms with van der Waals surface area (Å²) in [5.74, 6) is 0. The second-order valence-corrected chi connectivity index (χ2v) is 12.0. The molecule has 62 valence electrons. The molecule has 0 aliphatic carbocycles. The summed E-state index contributed by atoms with van der Waals surface area (Å²) < 4.78 is 1.15. The average molecular weight is 605 g/mol. The van der Waals surface area contributed by atoms with Crippen LogP contribution >= 0.6 is 89.5 Å². The molecular weight excluding hydrogens is 601 g/mol. The summed E-state index contributed by atoms with van der Waals surface area (Å²) in [5.41, 5.74) is 2.82. The summed E-state index contributed by atoms with van der Waals surface area (Å²) in [4.78, 5) is 0. The van der Waals surface area contributed by atoms with Crippen molar-refractivity contribution in [3.63, 3.8) is 0 Å². The van der Waals surface area contributed by atoms with Gasteiger partial charge in [-0.25, -0.2) is 0 Å². The van der Waals surface area contributed by atoms with Crippen LogP contribution in [0.15, 0.2) is 24.3 Å². The fourth-order valence-electron chi connectivity index (χ4n) is 0.830. The molecule has 0 N–H and O–H groups in total. The highest BCUT2D eigenvalue weighted by Crippen LogP contribution is 2.07. The van der Waals surface area contributed by atoms with Crippen LogP contribution in [-0.2, 0) is 0 Å². The van der Waals surface area contributed by atoms with Crippen LogP contribution in [-0.4, -0.2) is 4.85 Å². The largest absolute Gasteiger partial charge is 0.320 e. The Bertz CT molecular complexity index is 240. The van der Waals surface area contributed by atoms with E-state index in [9.17, 15) is 0 Å². The Hall–Kier alpha value is 2.27. The van der Waals surface area contributed by atoms with E-state index in [1.165, 1.54) is 10.9 Å². The Morgan fingerprint density at radius 1 is 0.833 bits per heavy atom. The summed E-state index contributed by atoms with van der Waals surface area (Å²) in [7, 11) is 0. The lowest BCUT2D eigenvalue weighted by molar-refractivity contribution is 1.84. The van der Waals surface area contributed by atoms with Gasteiger partial charge in [0.2, 0.25) is 0 Å². The molecule has 0 aliphatic rings. The lowest BCUT2D eigenvalue weighted by atomic mass is 9.87. The maximum absolute atomic E-state index is 2.43. The Kier molecular flexibility index (Phi) is 6.15. The van der Waals surface area contributed by atoms with Gasteiger partial charge in [-0.3, -0.25) is 0 Å². The monoisotopic (exact) mass is 606 g/mol. The van der Waals surface area contributed by atoms with Gasteiger partial charge in [0.1, 0.15) is 0 Å². The van der Waals surface area contributed by atoms with Gasteiger partial charge in [0.05, 0.1) is 0 Å². The van der Waals surface area contributed by atoms with Gasteiger partial charge in [-0.05, 0) is 0 Å². The highest BCUT2D eigenvalue weighted by atomic mass is 127. The lowest BCUT2D eigenvalue weighted by Gasteiger charge is -2.03. The maximum atomic E-state index is 2.43. The molecule has 0 nitrogen and oxygen atoms in total. The summed E-state index contributed by atoms with van der Waals surface area (Å²) in [5, 5.41) is 0. The van der Waals surface area contributed by atoms with Gasteiger partial charge in [-0.1, -0.05) is 35.2 Å². The van der Waals surface area contributed by atoms with Crippen molar-refractivity contribution in [1.82, 2.24) is 0 Å². The normalized spacial score (nSPS) is 9.67. The second-order valence-electron chi connectivity index (χ2n) is 2.27. The minimum atomic E-state index is 0.576. The molecule has 1 rings (SSSR count). The Labute approximate surface area is 127 Å². The molecule has 0 radical (unpaired) electrons. The van der Waals surface area contributed by atoms with E-state index >= 15 is 0 Å². The van der Waals surface area contributed by atoms with Crippen molar-refractivity contribution in [3.05, 3.63) is 24.3 Å². The molecule has 0 amide bonds. The summed E-state index contributed by atoms with van der Waals surface area (Å²) >= 11 is 9.72. The molecule has 0 atom stereocenters. The first-order valence-corrected chi connectivity index (χ1v) is 8.25. The minimum Gasteiger partial charge on any atom is -0.127 e. The van der Waals surface area contributed by atoms with Gasteiger partial charge in [0, 0.05) is 0 Å². The van der Waals surface area contributed by atoms with E-state index in [-0.39, 0.29) is 0 Å². The number of rotatable bonds is 2. The van der Waals surface area contributed by atoms with Crippen molar-refractivity contribution in [1.29, 1.82) is 0 Å². The van der Waals surface area contributed by atoms with Gasteiger partial charge in [-0.2, -0.15) is 0 Å². The highest BCUT2D eigenvalue weighted by Gasteiger charge is 2.11. The topological polar surface area (TPSA) is 0 Å². The van der Waals surface area contributed by atoms with Crippen molar-refractivity contribution in [2.45, 2.75) is 0 Å². The molecule has 12 heavy (non-hydrogen) atoms. The second kappa shape index (κ2) is 5.99. The van der Waals surface area contributed by atoms with E-state index in [1.807, 2.05) is 0 Å². The van der Waals surface area contributed by atoms with E-state index in [1.54, 1.807) is 0 Å². The van der Waals surface area contributed by atoms with Crippen molar-refractivity contribution >= 4 is 105 Å². The molecule has 0 fully saturated rings. The zero-order valence-electron chi connectivity index (χ0n) is 5.98. The fourth-order valence-corrected chi connectivity index (χ4v) is 2.38. The molecule has 0 saturated heterocycles. The van der Waals surface area contributed by atoms with Crippen LogP contribution in [0.25, 0.3) is 0 Å². The lowest BCUT2D eigenvalue weighted by Crippen LogP contribution is -2.26. The number of halogens is 4. The minimum absolute atomic E-state index is 0.576. The summed E-state index contributed by atoms with van der Waals surface area (Å²) in [6, 6.07) is 8.79. The third kappa shape index (κ3) is 3.79. The summed E-state index contributed by atoms with van der Waals surface area (Å²) in [6.45, 7) is 0. The Morgan fingerprint density at radius 3 is 1.58 bits per heavy atom. The van der Waals surface area contributed by atoms with Gasteiger partial charge >= 0.3 is 4.85 Å². The third-order valence-electron chi connectivity index (χ3n) is 1.41. The first-order chi connectivity index (χ1) is 5.61. The Morgan fingerprint density at radius 2 is 1.25 bits per heavy atom. The van der Waals surface area contributed by atoms with Crippen molar-refractivity contribution in [2.75, 3.05) is 0 Å². The van der Waals surface area contributed by atoms with Crippen LogP contribution in [0.2, 0.25) is 0 Å². The smallest absolute Gasteiger partial charge is 0.127 e. The fraction of sp³-hybridized carbons (Fsp3) is 0. The zero-order chi connectivity index (χ0) is 9.14. The third-order valence-corrected chi connectivity index (χ3v) is 4.29. The van der Waals surface area contributed by atoms with Crippen LogP contribution in [0, 0.1) is 0 Å². The standard InChI is InChI=1S/C6H4B2I4/c9-7(10)5-2-1-3-6(4-5)8(11)12/h1-4H. The van der Waals surface area contributed by atoms with Crippen LogP contribution in [0.3, 0.4) is 0 Å². The van der Waals surface area contributed by atoms with Gasteiger partial charge in [0.15, 0.2) is 0 Å². The molecule has 6 heteroatoms. The molecule has 0 unspecified atom stereocenters. The highest BCUT2D eigenvalue weighted by molar-refractivity contribution is 14.3. The van der Waals surface area contributed by atoms with E-state index in [4.69, 9.17) is 0 Å². The molecule has 1 aromatic carbocycles. The number of hydrogen-bond acceptors (Lipinski definition) is 0. The predicted molar refractivity (Wildman–Crippen MR) is 93.3 cm³/mol. The van der Waals surface area contributed by atoms with Crippen LogP contribution in [0.4, 0.5) is 0 Å². The average Bonchev–Trinajstić information content (AvgIpc) is 2.04. The van der Waals surface area contributed by atoms with Crippen LogP contribution < -0.4 is 10.9 Å². The van der Waals surface area contributed by atoms with Crippen LogP contribution in [0.5, 0.6) is 0 Å². The van der Waals surface area contributed by atoms with Crippen molar-refractivity contribution < 1.29 is 0 Å². The molecule has 0 spiro atoms. The van der Waals surface area contributed by atoms with Gasteiger partial charge in [-0.15, -0.1) is 89.5 Å². The number of benzene rings is 1. The number of hydrogen-bond donors (Lipinski definition) is 0. The molecule has 0 aliphatic heterocycles. The van der Waals surface area contributed by atoms with Crippen molar-refractivity contribution in [2.24, 2.45) is 0 Å². The molecular formula is C6H4B2I4. The van der Waals surface area contributed by atoms with E-state index < -0.39 is 0 Å². The summed E-state index contributed by atoms with van der Waals surface area (Å²) in [6.07, 6.45) is 0. The predicted octanol–water partition coefficient (Wildman–Crippen LogP) is 2.82. The quantitative estimate of drug-likeness (QED) is 0.360. The molecule has 0 aromatic heterocycles. The molecule has 0 bridgehead atoms. The molecule has 0 saturated carbocycles. The van der Waals surface area contributed by atoms with E-state index in [2.05, 4.69) is 114 Å². The first-order valence-electron chi connectivity index (χ1n) is 3.27. The maximum Gasteiger partial charge on any atom is 0.320 e. The SMILES string of the molecule is IB(I)c1cccc(B(I)I)c1. The van der Waals surface area contributed by atoms with E-state index in [0.29, 0.717) is 4.85 Å². The van der Waals surface area contributed by atoms with Gasteiger partial charge < -0.3 is 0 Å². The van der Waals surface area contributed by atoms with Crippen LogP contribution in [0.1, 0.15) is 0 Å². The molecule has 1 aromatic rings. The Balaban J connectivity index is 2.96. The van der Waals surface area contributed by atoms with Gasteiger partial charge in [0.25, 0.3) is 0 Å². The van der Waals surface area contributed by atoms with Crippen molar-refractivity contribution in [3.8, 4) is 0 Å². The zero-order valence-corrected chi connectivity index (χ0v) is 14.6. The first kappa shape index (κ1) is 12.3.